The van der Waals surface area contributed by atoms with E-state index in [1.807, 2.05) is 0 Å². The van der Waals surface area contributed by atoms with Gasteiger partial charge in [0.1, 0.15) is 0 Å². The summed E-state index contributed by atoms with van der Waals surface area (Å²) in [4.78, 5) is 0. The predicted molar refractivity (Wildman–Crippen MR) is 75.9 cm³/mol. The lowest BCUT2D eigenvalue weighted by Crippen LogP contribution is -2.41. The molecule has 1 rings (SSSR count). The summed E-state index contributed by atoms with van der Waals surface area (Å²) >= 11 is 0. The zero-order chi connectivity index (χ0) is 13.2. The van der Waals surface area contributed by atoms with Gasteiger partial charge in [-0.1, -0.05) is 26.7 Å². The molecule has 3 unspecified atom stereocenters. The summed E-state index contributed by atoms with van der Waals surface area (Å²) in [5, 5.41) is 3.72. The summed E-state index contributed by atoms with van der Waals surface area (Å²) in [6.45, 7) is 8.21. The van der Waals surface area contributed by atoms with E-state index in [2.05, 4.69) is 19.2 Å². The first-order valence-corrected chi connectivity index (χ1v) is 7.55. The van der Waals surface area contributed by atoms with Crippen LogP contribution in [0.25, 0.3) is 0 Å². The van der Waals surface area contributed by atoms with E-state index in [1.165, 1.54) is 25.7 Å². The first kappa shape index (κ1) is 15.9. The molecule has 0 aromatic heterocycles. The van der Waals surface area contributed by atoms with E-state index in [1.54, 1.807) is 7.11 Å². The van der Waals surface area contributed by atoms with Gasteiger partial charge in [-0.25, -0.2) is 0 Å². The summed E-state index contributed by atoms with van der Waals surface area (Å²) in [6.07, 6.45) is 6.52. The van der Waals surface area contributed by atoms with E-state index >= 15 is 0 Å². The Morgan fingerprint density at radius 1 is 1.06 bits per heavy atom. The average molecular weight is 257 g/mol. The molecule has 0 saturated heterocycles. The SMILES string of the molecule is COCCOCCCCNC1CCCC(C)C1C. The zero-order valence-electron chi connectivity index (χ0n) is 12.4. The second kappa shape index (κ2) is 9.76. The lowest BCUT2D eigenvalue weighted by molar-refractivity contribution is 0.0685. The highest BCUT2D eigenvalue weighted by molar-refractivity contribution is 4.81. The monoisotopic (exact) mass is 257 g/mol. The van der Waals surface area contributed by atoms with Crippen molar-refractivity contribution in [1.29, 1.82) is 0 Å². The van der Waals surface area contributed by atoms with E-state index in [9.17, 15) is 0 Å². The van der Waals surface area contributed by atoms with Crippen LogP contribution in [0, 0.1) is 11.8 Å². The van der Waals surface area contributed by atoms with Crippen LogP contribution < -0.4 is 5.32 Å². The van der Waals surface area contributed by atoms with Gasteiger partial charge in [-0.05, 0) is 37.6 Å². The van der Waals surface area contributed by atoms with Gasteiger partial charge in [0.05, 0.1) is 13.2 Å². The van der Waals surface area contributed by atoms with Crippen LogP contribution in [0.3, 0.4) is 0 Å². The van der Waals surface area contributed by atoms with Crippen LogP contribution in [0.5, 0.6) is 0 Å². The number of hydrogen-bond donors (Lipinski definition) is 1. The summed E-state index contributed by atoms with van der Waals surface area (Å²) in [5.41, 5.74) is 0. The molecule has 1 aliphatic carbocycles. The fraction of sp³-hybridized carbons (Fsp3) is 1.00. The molecule has 0 aromatic rings. The molecule has 1 saturated carbocycles. The van der Waals surface area contributed by atoms with Crippen molar-refractivity contribution < 1.29 is 9.47 Å². The van der Waals surface area contributed by atoms with Gasteiger partial charge in [-0.15, -0.1) is 0 Å². The predicted octanol–water partition coefficient (Wildman–Crippen LogP) is 2.84. The Bertz CT molecular complexity index is 199. The molecular formula is C15H31NO2. The van der Waals surface area contributed by atoms with Crippen molar-refractivity contribution in [2.45, 2.75) is 52.0 Å². The maximum absolute atomic E-state index is 5.45. The summed E-state index contributed by atoms with van der Waals surface area (Å²) in [7, 11) is 1.71. The fourth-order valence-corrected chi connectivity index (χ4v) is 2.73. The molecule has 1 N–H and O–H groups in total. The van der Waals surface area contributed by atoms with Gasteiger partial charge in [-0.3, -0.25) is 0 Å². The Kier molecular flexibility index (Phi) is 8.64. The molecular weight excluding hydrogens is 226 g/mol. The lowest BCUT2D eigenvalue weighted by atomic mass is 9.78. The van der Waals surface area contributed by atoms with Gasteiger partial charge < -0.3 is 14.8 Å². The second-order valence-electron chi connectivity index (χ2n) is 5.64. The molecule has 0 aliphatic heterocycles. The summed E-state index contributed by atoms with van der Waals surface area (Å²) in [6, 6.07) is 0.739. The fourth-order valence-electron chi connectivity index (χ4n) is 2.73. The molecule has 1 fully saturated rings. The Balaban J connectivity index is 1.94. The van der Waals surface area contributed by atoms with Gasteiger partial charge >= 0.3 is 0 Å². The minimum absolute atomic E-state index is 0.704. The maximum Gasteiger partial charge on any atom is 0.0700 e. The topological polar surface area (TPSA) is 30.5 Å². The zero-order valence-corrected chi connectivity index (χ0v) is 12.4. The van der Waals surface area contributed by atoms with Crippen molar-refractivity contribution in [2.75, 3.05) is 33.5 Å². The molecule has 0 heterocycles. The standard InChI is InChI=1S/C15H31NO2/c1-13-7-6-8-15(14(13)2)16-9-4-5-10-18-12-11-17-3/h13-16H,4-12H2,1-3H3. The number of nitrogens with one attached hydrogen (secondary N) is 1. The van der Waals surface area contributed by atoms with Crippen molar-refractivity contribution >= 4 is 0 Å². The third-order valence-corrected chi connectivity index (χ3v) is 4.26. The minimum atomic E-state index is 0.704. The molecule has 0 spiro atoms. The summed E-state index contributed by atoms with van der Waals surface area (Å²) in [5.74, 6) is 1.71. The number of hydrogen-bond acceptors (Lipinski definition) is 3. The van der Waals surface area contributed by atoms with Crippen molar-refractivity contribution in [1.82, 2.24) is 5.32 Å². The van der Waals surface area contributed by atoms with E-state index in [0.717, 1.165) is 44.1 Å². The van der Waals surface area contributed by atoms with E-state index in [0.29, 0.717) is 6.61 Å². The molecule has 0 bridgehead atoms. The molecule has 0 amide bonds. The highest BCUT2D eigenvalue weighted by atomic mass is 16.5. The van der Waals surface area contributed by atoms with E-state index in [4.69, 9.17) is 9.47 Å². The van der Waals surface area contributed by atoms with Crippen LogP contribution in [0.4, 0.5) is 0 Å². The van der Waals surface area contributed by atoms with Crippen molar-refractivity contribution in [3.05, 3.63) is 0 Å². The molecule has 3 atom stereocenters. The van der Waals surface area contributed by atoms with E-state index in [-0.39, 0.29) is 0 Å². The Morgan fingerprint density at radius 2 is 1.89 bits per heavy atom. The number of methoxy groups -OCH3 is 1. The number of ether oxygens (including phenoxy) is 2. The Morgan fingerprint density at radius 3 is 2.67 bits per heavy atom. The van der Waals surface area contributed by atoms with Crippen molar-refractivity contribution in [3.8, 4) is 0 Å². The number of rotatable bonds is 9. The van der Waals surface area contributed by atoms with Crippen LogP contribution in [-0.4, -0.2) is 39.5 Å². The van der Waals surface area contributed by atoms with Crippen LogP contribution in [-0.2, 0) is 9.47 Å². The first-order chi connectivity index (χ1) is 8.75. The quantitative estimate of drug-likeness (QED) is 0.644. The number of unbranched alkanes of at least 4 members (excludes halogenated alkanes) is 1. The normalized spacial score (nSPS) is 28.5. The van der Waals surface area contributed by atoms with Gasteiger partial charge in [0, 0.05) is 19.8 Å². The van der Waals surface area contributed by atoms with Crippen LogP contribution in [0.15, 0.2) is 0 Å². The third-order valence-electron chi connectivity index (χ3n) is 4.26. The smallest absolute Gasteiger partial charge is 0.0700 e. The Labute approximate surface area is 113 Å². The van der Waals surface area contributed by atoms with Crippen LogP contribution in [0.2, 0.25) is 0 Å². The maximum atomic E-state index is 5.45. The third kappa shape index (κ3) is 6.17. The minimum Gasteiger partial charge on any atom is -0.382 e. The molecule has 18 heavy (non-hydrogen) atoms. The Hall–Kier alpha value is -0.120. The van der Waals surface area contributed by atoms with Crippen molar-refractivity contribution in [2.24, 2.45) is 11.8 Å². The van der Waals surface area contributed by atoms with Gasteiger partial charge in [0.2, 0.25) is 0 Å². The first-order valence-electron chi connectivity index (χ1n) is 7.55. The molecule has 3 heteroatoms. The van der Waals surface area contributed by atoms with E-state index < -0.39 is 0 Å². The van der Waals surface area contributed by atoms with Gasteiger partial charge in [0.15, 0.2) is 0 Å². The van der Waals surface area contributed by atoms with Gasteiger partial charge in [0.25, 0.3) is 0 Å². The highest BCUT2D eigenvalue weighted by Gasteiger charge is 2.26. The summed E-state index contributed by atoms with van der Waals surface area (Å²) < 4.78 is 10.4. The van der Waals surface area contributed by atoms with Crippen LogP contribution >= 0.6 is 0 Å². The molecule has 0 aromatic carbocycles. The highest BCUT2D eigenvalue weighted by Crippen LogP contribution is 2.29. The van der Waals surface area contributed by atoms with Crippen molar-refractivity contribution in [3.63, 3.8) is 0 Å². The van der Waals surface area contributed by atoms with Crippen LogP contribution in [0.1, 0.15) is 46.0 Å². The average Bonchev–Trinajstić information content (AvgIpc) is 2.37. The largest absolute Gasteiger partial charge is 0.382 e. The second-order valence-corrected chi connectivity index (χ2v) is 5.64. The molecule has 3 nitrogen and oxygen atoms in total. The molecule has 108 valence electrons. The molecule has 0 radical (unpaired) electrons. The molecule has 1 aliphatic rings. The van der Waals surface area contributed by atoms with Gasteiger partial charge in [-0.2, -0.15) is 0 Å². The lowest BCUT2D eigenvalue weighted by Gasteiger charge is -2.34.